The molecule has 0 aliphatic heterocycles. The standard InChI is InChI=1S/C20H26N2O3/c1-22(16-7-3-2-4-8-16)19(23)14-25-20(24)12-11-15-13-21-18-10-6-5-9-17(15)18/h5-6,9-10,13,16,21H,2-4,7-8,11-12,14H2,1H3. The van der Waals surface area contributed by atoms with Gasteiger partial charge in [0.25, 0.3) is 5.91 Å². The summed E-state index contributed by atoms with van der Waals surface area (Å²) in [5.41, 5.74) is 2.16. The van der Waals surface area contributed by atoms with E-state index in [0.29, 0.717) is 12.5 Å². The Morgan fingerprint density at radius 1 is 1.20 bits per heavy atom. The van der Waals surface area contributed by atoms with Crippen molar-refractivity contribution in [2.24, 2.45) is 0 Å². The van der Waals surface area contributed by atoms with E-state index in [-0.39, 0.29) is 24.9 Å². The summed E-state index contributed by atoms with van der Waals surface area (Å²) in [6.07, 6.45) is 8.52. The largest absolute Gasteiger partial charge is 0.456 e. The van der Waals surface area contributed by atoms with E-state index in [1.54, 1.807) is 4.90 Å². The molecule has 0 unspecified atom stereocenters. The number of fused-ring (bicyclic) bond motifs is 1. The van der Waals surface area contributed by atoms with Crippen molar-refractivity contribution in [2.45, 2.75) is 51.0 Å². The number of ether oxygens (including phenoxy) is 1. The molecule has 5 nitrogen and oxygen atoms in total. The zero-order valence-corrected chi connectivity index (χ0v) is 14.8. The average molecular weight is 342 g/mol. The molecule has 1 amide bonds. The van der Waals surface area contributed by atoms with Gasteiger partial charge in [-0.3, -0.25) is 9.59 Å². The molecule has 1 aliphatic carbocycles. The van der Waals surface area contributed by atoms with Crippen molar-refractivity contribution in [1.82, 2.24) is 9.88 Å². The first-order chi connectivity index (χ1) is 12.1. The van der Waals surface area contributed by atoms with Gasteiger partial charge in [0.05, 0.1) is 0 Å². The van der Waals surface area contributed by atoms with E-state index < -0.39 is 0 Å². The maximum atomic E-state index is 12.2. The maximum Gasteiger partial charge on any atom is 0.306 e. The van der Waals surface area contributed by atoms with E-state index in [2.05, 4.69) is 4.98 Å². The lowest BCUT2D eigenvalue weighted by Crippen LogP contribution is -2.40. The molecular weight excluding hydrogens is 316 g/mol. The van der Waals surface area contributed by atoms with Crippen LogP contribution in [0.2, 0.25) is 0 Å². The van der Waals surface area contributed by atoms with Crippen LogP contribution < -0.4 is 0 Å². The Hall–Kier alpha value is -2.30. The highest BCUT2D eigenvalue weighted by Crippen LogP contribution is 2.22. The number of aromatic amines is 1. The Morgan fingerprint density at radius 2 is 1.96 bits per heavy atom. The molecule has 2 aromatic rings. The molecule has 0 radical (unpaired) electrons. The van der Waals surface area contributed by atoms with Gasteiger partial charge in [-0.25, -0.2) is 0 Å². The SMILES string of the molecule is CN(C(=O)COC(=O)CCc1c[nH]c2ccccc12)C1CCCCC1. The van der Waals surface area contributed by atoms with Crippen LogP contribution in [-0.2, 0) is 20.7 Å². The van der Waals surface area contributed by atoms with Gasteiger partial charge >= 0.3 is 5.97 Å². The third-order valence-electron chi connectivity index (χ3n) is 5.15. The summed E-state index contributed by atoms with van der Waals surface area (Å²) < 4.78 is 5.19. The van der Waals surface area contributed by atoms with Gasteiger partial charge < -0.3 is 14.6 Å². The van der Waals surface area contributed by atoms with Crippen molar-refractivity contribution in [3.63, 3.8) is 0 Å². The molecule has 1 fully saturated rings. The Balaban J connectivity index is 1.44. The van der Waals surface area contributed by atoms with E-state index in [4.69, 9.17) is 4.74 Å². The summed E-state index contributed by atoms with van der Waals surface area (Å²) in [6.45, 7) is -0.153. The molecule has 0 bridgehead atoms. The van der Waals surface area contributed by atoms with Gasteiger partial charge in [0.1, 0.15) is 0 Å². The van der Waals surface area contributed by atoms with Gasteiger partial charge in [-0.2, -0.15) is 0 Å². The Kier molecular flexibility index (Phi) is 5.74. The van der Waals surface area contributed by atoms with Crippen molar-refractivity contribution >= 4 is 22.8 Å². The summed E-state index contributed by atoms with van der Waals surface area (Å²) in [7, 11) is 1.82. The molecule has 134 valence electrons. The summed E-state index contributed by atoms with van der Waals surface area (Å²) in [6, 6.07) is 8.31. The van der Waals surface area contributed by atoms with Crippen molar-refractivity contribution < 1.29 is 14.3 Å². The average Bonchev–Trinajstić information content (AvgIpc) is 3.07. The number of carbonyl (C=O) groups is 2. The zero-order valence-electron chi connectivity index (χ0n) is 14.8. The van der Waals surface area contributed by atoms with Gasteiger partial charge in [-0.1, -0.05) is 37.5 Å². The predicted molar refractivity (Wildman–Crippen MR) is 97.2 cm³/mol. The molecule has 1 aliphatic rings. The molecule has 1 aromatic heterocycles. The van der Waals surface area contributed by atoms with E-state index in [9.17, 15) is 9.59 Å². The third-order valence-corrected chi connectivity index (χ3v) is 5.15. The fraction of sp³-hybridized carbons (Fsp3) is 0.500. The second kappa shape index (κ2) is 8.19. The first kappa shape index (κ1) is 17.5. The van der Waals surface area contributed by atoms with Gasteiger partial charge in [0, 0.05) is 36.6 Å². The Morgan fingerprint density at radius 3 is 2.76 bits per heavy atom. The molecular formula is C20H26N2O3. The van der Waals surface area contributed by atoms with Crippen LogP contribution in [0, 0.1) is 0 Å². The van der Waals surface area contributed by atoms with Crippen LogP contribution in [0.15, 0.2) is 30.5 Å². The summed E-state index contributed by atoms with van der Waals surface area (Å²) in [5, 5.41) is 1.13. The molecule has 1 aromatic carbocycles. The lowest BCUT2D eigenvalue weighted by Gasteiger charge is -2.31. The highest BCUT2D eigenvalue weighted by molar-refractivity contribution is 5.84. The molecule has 0 atom stereocenters. The number of H-pyrrole nitrogens is 1. The van der Waals surface area contributed by atoms with Crippen molar-refractivity contribution in [3.8, 4) is 0 Å². The van der Waals surface area contributed by atoms with E-state index >= 15 is 0 Å². The summed E-state index contributed by atoms with van der Waals surface area (Å²) in [4.78, 5) is 29.1. The second-order valence-corrected chi connectivity index (χ2v) is 6.82. The number of nitrogens with one attached hydrogen (secondary N) is 1. The van der Waals surface area contributed by atoms with Crippen LogP contribution in [-0.4, -0.2) is 41.5 Å². The first-order valence-corrected chi connectivity index (χ1v) is 9.11. The molecule has 5 heteroatoms. The van der Waals surface area contributed by atoms with Crippen molar-refractivity contribution in [3.05, 3.63) is 36.0 Å². The fourth-order valence-corrected chi connectivity index (χ4v) is 3.56. The third kappa shape index (κ3) is 4.41. The van der Waals surface area contributed by atoms with Crippen LogP contribution in [0.5, 0.6) is 0 Å². The quantitative estimate of drug-likeness (QED) is 0.818. The van der Waals surface area contributed by atoms with Crippen molar-refractivity contribution in [2.75, 3.05) is 13.7 Å². The van der Waals surface area contributed by atoms with Gasteiger partial charge in [-0.05, 0) is 30.9 Å². The smallest absolute Gasteiger partial charge is 0.306 e. The lowest BCUT2D eigenvalue weighted by molar-refractivity contribution is -0.152. The summed E-state index contributed by atoms with van der Waals surface area (Å²) in [5.74, 6) is -0.428. The first-order valence-electron chi connectivity index (χ1n) is 9.11. The fourth-order valence-electron chi connectivity index (χ4n) is 3.56. The van der Waals surface area contributed by atoms with Crippen LogP contribution >= 0.6 is 0 Å². The number of nitrogens with zero attached hydrogens (tertiary/aromatic N) is 1. The Labute approximate surface area is 148 Å². The number of aromatic nitrogens is 1. The topological polar surface area (TPSA) is 62.4 Å². The second-order valence-electron chi connectivity index (χ2n) is 6.82. The lowest BCUT2D eigenvalue weighted by atomic mass is 9.94. The molecule has 3 rings (SSSR count). The minimum absolute atomic E-state index is 0.104. The summed E-state index contributed by atoms with van der Waals surface area (Å²) >= 11 is 0. The minimum atomic E-state index is -0.323. The predicted octanol–water partition coefficient (Wildman–Crippen LogP) is 3.43. The van der Waals surface area contributed by atoms with Crippen LogP contribution in [0.25, 0.3) is 10.9 Å². The highest BCUT2D eigenvalue weighted by atomic mass is 16.5. The minimum Gasteiger partial charge on any atom is -0.456 e. The Bertz CT molecular complexity index is 731. The van der Waals surface area contributed by atoms with E-state index in [1.165, 1.54) is 19.3 Å². The normalized spacial score (nSPS) is 15.2. The monoisotopic (exact) mass is 342 g/mol. The van der Waals surface area contributed by atoms with Crippen LogP contribution in [0.1, 0.15) is 44.1 Å². The molecule has 1 N–H and O–H groups in total. The molecule has 0 saturated heterocycles. The highest BCUT2D eigenvalue weighted by Gasteiger charge is 2.22. The van der Waals surface area contributed by atoms with Gasteiger partial charge in [0.2, 0.25) is 0 Å². The number of hydrogen-bond acceptors (Lipinski definition) is 3. The van der Waals surface area contributed by atoms with Crippen molar-refractivity contribution in [1.29, 1.82) is 0 Å². The number of rotatable bonds is 6. The molecule has 1 saturated carbocycles. The van der Waals surface area contributed by atoms with Gasteiger partial charge in [0.15, 0.2) is 6.61 Å². The molecule has 25 heavy (non-hydrogen) atoms. The number of likely N-dealkylation sites (N-methyl/N-ethyl adjacent to an activating group) is 1. The van der Waals surface area contributed by atoms with Crippen LogP contribution in [0.3, 0.4) is 0 Å². The number of benzene rings is 1. The number of amides is 1. The number of para-hydroxylation sites is 1. The van der Waals surface area contributed by atoms with Crippen LogP contribution in [0.4, 0.5) is 0 Å². The number of carbonyl (C=O) groups excluding carboxylic acids is 2. The zero-order chi connectivity index (χ0) is 17.6. The maximum absolute atomic E-state index is 12.2. The molecule has 1 heterocycles. The number of esters is 1. The number of aryl methyl sites for hydroxylation is 1. The molecule has 0 spiro atoms. The number of hydrogen-bond donors (Lipinski definition) is 1. The van der Waals surface area contributed by atoms with Gasteiger partial charge in [-0.15, -0.1) is 0 Å². The van der Waals surface area contributed by atoms with E-state index in [0.717, 1.165) is 29.3 Å². The van der Waals surface area contributed by atoms with E-state index in [1.807, 2.05) is 37.5 Å².